The molecule has 2 rings (SSSR count). The standard InChI is InChI=1S/C15H27NO13/c17-1-4(14(25)26)16-13-10(23)9(22)12(6(3-19)27-13)29-15-11(24)8(21)7(20)5(2-18)28-15/h4-13,15-24H,1-3H2,(H,25,26)/t4-,5+,6+,7-,8-,9+,10+,11+,12+,13?,15-/m0/s1. The Bertz CT molecular complexity index is 534. The second-order valence-corrected chi connectivity index (χ2v) is 6.80. The largest absolute Gasteiger partial charge is 0.480 e. The van der Waals surface area contributed by atoms with Crippen molar-refractivity contribution in [1.29, 1.82) is 0 Å². The number of carbonyl (C=O) groups is 1. The first-order valence-corrected chi connectivity index (χ1v) is 8.84. The number of hydrogen-bond donors (Lipinski definition) is 10. The average molecular weight is 429 g/mol. The van der Waals surface area contributed by atoms with Crippen LogP contribution in [0.2, 0.25) is 0 Å². The summed E-state index contributed by atoms with van der Waals surface area (Å²) in [5.41, 5.74) is 0. The zero-order chi connectivity index (χ0) is 21.9. The third-order valence-corrected chi connectivity index (χ3v) is 4.85. The first-order valence-electron chi connectivity index (χ1n) is 8.84. The van der Waals surface area contributed by atoms with Crippen molar-refractivity contribution < 1.29 is 65.0 Å². The van der Waals surface area contributed by atoms with Crippen LogP contribution in [-0.2, 0) is 19.0 Å². The van der Waals surface area contributed by atoms with Gasteiger partial charge in [-0.2, -0.15) is 0 Å². The van der Waals surface area contributed by atoms with Crippen LogP contribution in [0.15, 0.2) is 0 Å². The molecule has 29 heavy (non-hydrogen) atoms. The van der Waals surface area contributed by atoms with Gasteiger partial charge in [0.15, 0.2) is 6.29 Å². The Labute approximate surface area is 164 Å². The van der Waals surface area contributed by atoms with Gasteiger partial charge in [0, 0.05) is 0 Å². The second-order valence-electron chi connectivity index (χ2n) is 6.80. The van der Waals surface area contributed by atoms with Crippen LogP contribution in [-0.4, -0.2) is 139 Å². The summed E-state index contributed by atoms with van der Waals surface area (Å²) in [6.07, 6.45) is -16.0. The third kappa shape index (κ3) is 5.19. The fourth-order valence-corrected chi connectivity index (χ4v) is 3.13. The van der Waals surface area contributed by atoms with Crippen molar-refractivity contribution in [3.05, 3.63) is 0 Å². The maximum atomic E-state index is 11.0. The molecule has 2 heterocycles. The van der Waals surface area contributed by atoms with Crippen molar-refractivity contribution in [3.8, 4) is 0 Å². The maximum Gasteiger partial charge on any atom is 0.323 e. The molecule has 0 spiro atoms. The minimum atomic E-state index is -1.79. The van der Waals surface area contributed by atoms with E-state index in [1.807, 2.05) is 0 Å². The minimum Gasteiger partial charge on any atom is -0.480 e. The van der Waals surface area contributed by atoms with Crippen molar-refractivity contribution in [1.82, 2.24) is 5.32 Å². The maximum absolute atomic E-state index is 11.0. The summed E-state index contributed by atoms with van der Waals surface area (Å²) in [6, 6.07) is -1.52. The summed E-state index contributed by atoms with van der Waals surface area (Å²) >= 11 is 0. The van der Waals surface area contributed by atoms with E-state index in [1.165, 1.54) is 0 Å². The Morgan fingerprint density at radius 3 is 2.00 bits per heavy atom. The molecule has 2 aliphatic rings. The van der Waals surface area contributed by atoms with Crippen LogP contribution < -0.4 is 5.32 Å². The van der Waals surface area contributed by atoms with Crippen LogP contribution in [0.4, 0.5) is 0 Å². The molecule has 11 atom stereocenters. The van der Waals surface area contributed by atoms with Gasteiger partial charge in [0.1, 0.15) is 61.1 Å². The van der Waals surface area contributed by atoms with Crippen LogP contribution in [0.25, 0.3) is 0 Å². The number of aliphatic hydroxyl groups excluding tert-OH is 8. The SMILES string of the molecule is O=C(O)[C@H](CO)NC1O[C@H](CO)[C@@H](O[C@@H]2O[C@H](CO)[C@H](O)[C@H](O)[C@H]2O)[C@H](O)[C@H]1O. The van der Waals surface area contributed by atoms with Gasteiger partial charge in [-0.1, -0.05) is 0 Å². The monoisotopic (exact) mass is 429 g/mol. The van der Waals surface area contributed by atoms with Crippen LogP contribution in [0, 0.1) is 0 Å². The van der Waals surface area contributed by atoms with E-state index in [0.29, 0.717) is 0 Å². The summed E-state index contributed by atoms with van der Waals surface area (Å²) in [5.74, 6) is -1.45. The molecule has 0 aromatic carbocycles. The highest BCUT2D eigenvalue weighted by Gasteiger charge is 2.50. The van der Waals surface area contributed by atoms with E-state index in [0.717, 1.165) is 0 Å². The van der Waals surface area contributed by atoms with Gasteiger partial charge in [-0.05, 0) is 0 Å². The van der Waals surface area contributed by atoms with E-state index < -0.39 is 93.2 Å². The average Bonchev–Trinajstić information content (AvgIpc) is 2.70. The quantitative estimate of drug-likeness (QED) is 0.173. The normalized spacial score (nSPS) is 44.4. The first kappa shape index (κ1) is 24.3. The molecule has 1 unspecified atom stereocenters. The van der Waals surface area contributed by atoms with E-state index in [1.54, 1.807) is 0 Å². The lowest BCUT2D eigenvalue weighted by molar-refractivity contribution is -0.343. The van der Waals surface area contributed by atoms with Gasteiger partial charge in [-0.15, -0.1) is 0 Å². The smallest absolute Gasteiger partial charge is 0.323 e. The van der Waals surface area contributed by atoms with E-state index in [9.17, 15) is 40.5 Å². The van der Waals surface area contributed by atoms with Crippen LogP contribution in [0.5, 0.6) is 0 Å². The van der Waals surface area contributed by atoms with Gasteiger partial charge < -0.3 is 60.2 Å². The highest BCUT2D eigenvalue weighted by molar-refractivity contribution is 5.73. The van der Waals surface area contributed by atoms with Crippen molar-refractivity contribution in [2.24, 2.45) is 0 Å². The molecule has 170 valence electrons. The summed E-state index contributed by atoms with van der Waals surface area (Å²) in [5, 5.41) is 89.3. The molecule has 10 N–H and O–H groups in total. The summed E-state index contributed by atoms with van der Waals surface area (Å²) in [4.78, 5) is 11.0. The third-order valence-electron chi connectivity index (χ3n) is 4.85. The number of hydrogen-bond acceptors (Lipinski definition) is 13. The lowest BCUT2D eigenvalue weighted by atomic mass is 9.96. The summed E-state index contributed by atoms with van der Waals surface area (Å²) < 4.78 is 15.8. The molecule has 14 heteroatoms. The number of aliphatic hydroxyl groups is 8. The molecule has 0 aliphatic carbocycles. The zero-order valence-electron chi connectivity index (χ0n) is 15.1. The molecule has 0 aromatic rings. The van der Waals surface area contributed by atoms with Gasteiger partial charge in [-0.25, -0.2) is 0 Å². The molecule has 0 amide bonds. The van der Waals surface area contributed by atoms with Gasteiger partial charge in [-0.3, -0.25) is 10.1 Å². The lowest BCUT2D eigenvalue weighted by Crippen LogP contribution is -2.67. The second kappa shape index (κ2) is 10.3. The van der Waals surface area contributed by atoms with Crippen molar-refractivity contribution >= 4 is 5.97 Å². The Morgan fingerprint density at radius 2 is 1.48 bits per heavy atom. The molecule has 0 saturated carbocycles. The molecule has 0 radical (unpaired) electrons. The number of rotatable bonds is 8. The van der Waals surface area contributed by atoms with Crippen molar-refractivity contribution in [2.45, 2.75) is 67.4 Å². The predicted molar refractivity (Wildman–Crippen MR) is 88.0 cm³/mol. The molecular weight excluding hydrogens is 402 g/mol. The highest BCUT2D eigenvalue weighted by Crippen LogP contribution is 2.28. The predicted octanol–water partition coefficient (Wildman–Crippen LogP) is -6.35. The number of carboxylic acids is 1. The van der Waals surface area contributed by atoms with Gasteiger partial charge in [0.05, 0.1) is 19.8 Å². The van der Waals surface area contributed by atoms with Crippen LogP contribution in [0.1, 0.15) is 0 Å². The number of aliphatic carboxylic acids is 1. The fraction of sp³-hybridized carbons (Fsp3) is 0.933. The molecule has 0 bridgehead atoms. The van der Waals surface area contributed by atoms with E-state index in [-0.39, 0.29) is 0 Å². The molecule has 2 fully saturated rings. The molecular formula is C15H27NO13. The molecule has 0 aromatic heterocycles. The topological polar surface area (TPSA) is 239 Å². The van der Waals surface area contributed by atoms with Crippen LogP contribution in [0.3, 0.4) is 0 Å². The summed E-state index contributed by atoms with van der Waals surface area (Å²) in [6.45, 7) is -2.32. The first-order chi connectivity index (χ1) is 13.7. The van der Waals surface area contributed by atoms with E-state index >= 15 is 0 Å². The van der Waals surface area contributed by atoms with Gasteiger partial charge in [0.2, 0.25) is 0 Å². The minimum absolute atomic E-state index is 0.718. The molecule has 2 aliphatic heterocycles. The Balaban J connectivity index is 2.12. The Morgan fingerprint density at radius 1 is 0.862 bits per heavy atom. The van der Waals surface area contributed by atoms with Gasteiger partial charge >= 0.3 is 5.97 Å². The van der Waals surface area contributed by atoms with E-state index in [4.69, 9.17) is 24.4 Å². The van der Waals surface area contributed by atoms with Crippen molar-refractivity contribution in [3.63, 3.8) is 0 Å². The molecule has 2 saturated heterocycles. The Kier molecular flexibility index (Phi) is 8.65. The van der Waals surface area contributed by atoms with Gasteiger partial charge in [0.25, 0.3) is 0 Å². The fourth-order valence-electron chi connectivity index (χ4n) is 3.13. The summed E-state index contributed by atoms with van der Waals surface area (Å²) in [7, 11) is 0. The molecule has 14 nitrogen and oxygen atoms in total. The van der Waals surface area contributed by atoms with Crippen LogP contribution >= 0.6 is 0 Å². The van der Waals surface area contributed by atoms with Crippen molar-refractivity contribution in [2.75, 3.05) is 19.8 Å². The number of carboxylic acid groups (broad SMARTS) is 1. The number of nitrogens with one attached hydrogen (secondary N) is 1. The Hall–Kier alpha value is -1.01. The highest BCUT2D eigenvalue weighted by atomic mass is 16.7. The zero-order valence-corrected chi connectivity index (χ0v) is 15.1. The number of ether oxygens (including phenoxy) is 3. The van der Waals surface area contributed by atoms with E-state index in [2.05, 4.69) is 5.32 Å². The lowest BCUT2D eigenvalue weighted by Gasteiger charge is -2.46.